The van der Waals surface area contributed by atoms with E-state index in [1.54, 1.807) is 0 Å². The first kappa shape index (κ1) is 7.64. The van der Waals surface area contributed by atoms with Crippen molar-refractivity contribution < 1.29 is 0 Å². The van der Waals surface area contributed by atoms with Crippen molar-refractivity contribution >= 4 is 0 Å². The molecule has 2 saturated carbocycles. The third-order valence-corrected chi connectivity index (χ3v) is 4.06. The molecule has 2 aliphatic carbocycles. The van der Waals surface area contributed by atoms with Gasteiger partial charge in [-0.25, -0.2) is 0 Å². The predicted molar refractivity (Wildman–Crippen MR) is 48.5 cm³/mol. The van der Waals surface area contributed by atoms with E-state index in [1.165, 1.54) is 38.5 Å². The van der Waals surface area contributed by atoms with E-state index in [1.807, 2.05) is 0 Å². The number of hydrogen-bond donors (Lipinski definition) is 0. The van der Waals surface area contributed by atoms with Crippen LogP contribution in [0.3, 0.4) is 0 Å². The Morgan fingerprint density at radius 2 is 1.73 bits per heavy atom. The molecule has 2 aliphatic rings. The minimum absolute atomic E-state index is 0.680. The van der Waals surface area contributed by atoms with Crippen LogP contribution >= 0.6 is 0 Å². The van der Waals surface area contributed by atoms with Gasteiger partial charge in [0.25, 0.3) is 0 Å². The Bertz CT molecular complexity index is 146. The Morgan fingerprint density at radius 1 is 1.00 bits per heavy atom. The van der Waals surface area contributed by atoms with Crippen molar-refractivity contribution in [1.29, 1.82) is 0 Å². The van der Waals surface area contributed by atoms with Gasteiger partial charge in [-0.3, -0.25) is 0 Å². The lowest BCUT2D eigenvalue weighted by molar-refractivity contribution is 0.0986. The zero-order valence-electron chi connectivity index (χ0n) is 7.90. The fourth-order valence-electron chi connectivity index (χ4n) is 3.42. The quantitative estimate of drug-likeness (QED) is 0.497. The van der Waals surface area contributed by atoms with E-state index in [9.17, 15) is 0 Å². The van der Waals surface area contributed by atoms with Crippen molar-refractivity contribution in [3.8, 4) is 0 Å². The van der Waals surface area contributed by atoms with Crippen molar-refractivity contribution in [2.75, 3.05) is 0 Å². The molecule has 0 radical (unpaired) electrons. The van der Waals surface area contributed by atoms with Crippen LogP contribution in [0.25, 0.3) is 0 Å². The van der Waals surface area contributed by atoms with E-state index in [-0.39, 0.29) is 0 Å². The van der Waals surface area contributed by atoms with Gasteiger partial charge in [-0.05, 0) is 30.1 Å². The van der Waals surface area contributed by atoms with Gasteiger partial charge in [0.05, 0.1) is 0 Å². The minimum atomic E-state index is 0.680. The summed E-state index contributed by atoms with van der Waals surface area (Å²) in [6.45, 7) is 4.96. The average Bonchev–Trinajstić information content (AvgIpc) is 2.34. The van der Waals surface area contributed by atoms with Crippen LogP contribution in [-0.4, -0.2) is 0 Å². The highest BCUT2D eigenvalue weighted by Gasteiger charge is 2.40. The Hall–Kier alpha value is 0. The Morgan fingerprint density at radius 3 is 2.45 bits per heavy atom. The summed E-state index contributed by atoms with van der Waals surface area (Å²) in [5, 5.41) is 0. The summed E-state index contributed by atoms with van der Waals surface area (Å²) < 4.78 is 0. The first-order valence-corrected chi connectivity index (χ1v) is 5.20. The number of rotatable bonds is 0. The monoisotopic (exact) mass is 152 g/mol. The second kappa shape index (κ2) is 2.50. The standard InChI is InChI=1S/C11H20/c1-11(2)8-4-6-9-5-3-7-10(9)11/h9-10H,3-8H2,1-2H3. The van der Waals surface area contributed by atoms with Crippen LogP contribution in [0.15, 0.2) is 0 Å². The zero-order chi connectivity index (χ0) is 7.90. The largest absolute Gasteiger partial charge is 0.0596 e. The Labute approximate surface area is 70.4 Å². The molecule has 2 fully saturated rings. The van der Waals surface area contributed by atoms with Crippen LogP contribution in [0.1, 0.15) is 52.4 Å². The molecule has 2 rings (SSSR count). The van der Waals surface area contributed by atoms with Crippen molar-refractivity contribution in [2.24, 2.45) is 17.3 Å². The summed E-state index contributed by atoms with van der Waals surface area (Å²) in [5.41, 5.74) is 0.680. The molecule has 0 aromatic heterocycles. The first-order valence-electron chi connectivity index (χ1n) is 5.20. The summed E-state index contributed by atoms with van der Waals surface area (Å²) in [5.74, 6) is 2.19. The van der Waals surface area contributed by atoms with Gasteiger partial charge in [-0.2, -0.15) is 0 Å². The topological polar surface area (TPSA) is 0 Å². The van der Waals surface area contributed by atoms with E-state index in [0.717, 1.165) is 11.8 Å². The van der Waals surface area contributed by atoms with Crippen molar-refractivity contribution in [1.82, 2.24) is 0 Å². The molecule has 64 valence electrons. The molecular weight excluding hydrogens is 132 g/mol. The van der Waals surface area contributed by atoms with Crippen molar-refractivity contribution in [3.63, 3.8) is 0 Å². The van der Waals surface area contributed by atoms with Gasteiger partial charge in [-0.1, -0.05) is 39.5 Å². The highest BCUT2D eigenvalue weighted by atomic mass is 14.5. The first-order chi connectivity index (χ1) is 5.20. The van der Waals surface area contributed by atoms with E-state index < -0.39 is 0 Å². The van der Waals surface area contributed by atoms with Crippen molar-refractivity contribution in [2.45, 2.75) is 52.4 Å². The Balaban J connectivity index is 2.13. The normalized spacial score (nSPS) is 42.0. The SMILES string of the molecule is CC1(C)CCCC2CCCC21. The molecule has 0 aliphatic heterocycles. The van der Waals surface area contributed by atoms with Gasteiger partial charge < -0.3 is 0 Å². The molecule has 0 saturated heterocycles. The van der Waals surface area contributed by atoms with Gasteiger partial charge in [0.2, 0.25) is 0 Å². The third-order valence-electron chi connectivity index (χ3n) is 4.06. The predicted octanol–water partition coefficient (Wildman–Crippen LogP) is 3.61. The molecule has 0 heteroatoms. The zero-order valence-corrected chi connectivity index (χ0v) is 7.90. The maximum atomic E-state index is 2.48. The van der Waals surface area contributed by atoms with Crippen LogP contribution in [0, 0.1) is 17.3 Å². The molecule has 0 spiro atoms. The molecule has 0 N–H and O–H groups in total. The lowest BCUT2D eigenvalue weighted by atomic mass is 9.65. The van der Waals surface area contributed by atoms with Gasteiger partial charge in [0.15, 0.2) is 0 Å². The van der Waals surface area contributed by atoms with Crippen LogP contribution in [0.5, 0.6) is 0 Å². The van der Waals surface area contributed by atoms with Crippen LogP contribution in [0.2, 0.25) is 0 Å². The maximum absolute atomic E-state index is 2.48. The smallest absolute Gasteiger partial charge is 0.0323 e. The van der Waals surface area contributed by atoms with Crippen LogP contribution in [0.4, 0.5) is 0 Å². The minimum Gasteiger partial charge on any atom is -0.0596 e. The van der Waals surface area contributed by atoms with Gasteiger partial charge in [0, 0.05) is 0 Å². The van der Waals surface area contributed by atoms with Gasteiger partial charge in [0.1, 0.15) is 0 Å². The molecule has 0 aromatic carbocycles. The summed E-state index contributed by atoms with van der Waals surface area (Å²) in [6, 6.07) is 0. The summed E-state index contributed by atoms with van der Waals surface area (Å²) in [7, 11) is 0. The molecular formula is C11H20. The number of hydrogen-bond acceptors (Lipinski definition) is 0. The van der Waals surface area contributed by atoms with Crippen molar-refractivity contribution in [3.05, 3.63) is 0 Å². The second-order valence-corrected chi connectivity index (χ2v) is 5.18. The van der Waals surface area contributed by atoms with E-state index in [2.05, 4.69) is 13.8 Å². The number of fused-ring (bicyclic) bond motifs is 1. The highest BCUT2D eigenvalue weighted by molar-refractivity contribution is 4.91. The van der Waals surface area contributed by atoms with Gasteiger partial charge in [-0.15, -0.1) is 0 Å². The fourth-order valence-corrected chi connectivity index (χ4v) is 3.42. The summed E-state index contributed by atoms with van der Waals surface area (Å²) in [6.07, 6.45) is 9.08. The molecule has 2 unspecified atom stereocenters. The fraction of sp³-hybridized carbons (Fsp3) is 1.00. The molecule has 0 amide bonds. The molecule has 11 heavy (non-hydrogen) atoms. The van der Waals surface area contributed by atoms with Crippen LogP contribution < -0.4 is 0 Å². The second-order valence-electron chi connectivity index (χ2n) is 5.18. The Kier molecular flexibility index (Phi) is 1.74. The average molecular weight is 152 g/mol. The molecule has 2 atom stereocenters. The maximum Gasteiger partial charge on any atom is -0.0323 e. The lowest BCUT2D eigenvalue weighted by Crippen LogP contribution is -2.31. The molecule has 0 nitrogen and oxygen atoms in total. The van der Waals surface area contributed by atoms with E-state index in [0.29, 0.717) is 5.41 Å². The molecule has 0 heterocycles. The molecule has 0 aromatic rings. The highest BCUT2D eigenvalue weighted by Crippen LogP contribution is 2.51. The van der Waals surface area contributed by atoms with Crippen LogP contribution in [-0.2, 0) is 0 Å². The van der Waals surface area contributed by atoms with E-state index >= 15 is 0 Å². The van der Waals surface area contributed by atoms with E-state index in [4.69, 9.17) is 0 Å². The molecule has 0 bridgehead atoms. The third kappa shape index (κ3) is 1.21. The van der Waals surface area contributed by atoms with Gasteiger partial charge >= 0.3 is 0 Å². The summed E-state index contributed by atoms with van der Waals surface area (Å²) in [4.78, 5) is 0. The lowest BCUT2D eigenvalue weighted by Gasteiger charge is -2.40. The summed E-state index contributed by atoms with van der Waals surface area (Å²) >= 11 is 0.